The third-order valence-corrected chi connectivity index (χ3v) is 6.94. The van der Waals surface area contributed by atoms with Crippen LogP contribution in [0, 0.1) is 11.8 Å². The number of hydrogen-bond acceptors (Lipinski definition) is 7. The monoisotopic (exact) mass is 511 g/mol. The second-order valence-corrected chi connectivity index (χ2v) is 9.31. The van der Waals surface area contributed by atoms with Gasteiger partial charge >= 0.3 is 11.9 Å². The van der Waals surface area contributed by atoms with Crippen LogP contribution in [-0.2, 0) is 14.3 Å². The number of carbonyl (C=O) groups excluding carboxylic acids is 5. The summed E-state index contributed by atoms with van der Waals surface area (Å²) in [4.78, 5) is 64.9. The summed E-state index contributed by atoms with van der Waals surface area (Å²) in [5.74, 6) is -2.80. The average Bonchev–Trinajstić information content (AvgIpc) is 3.21. The van der Waals surface area contributed by atoms with E-state index < -0.39 is 24.3 Å². The summed E-state index contributed by atoms with van der Waals surface area (Å²) in [6.45, 7) is -0.538. The molecule has 2 fully saturated rings. The number of ketones is 1. The molecule has 1 saturated carbocycles. The molecule has 0 N–H and O–H groups in total. The summed E-state index contributed by atoms with van der Waals surface area (Å²) < 4.78 is 10.6. The quantitative estimate of drug-likeness (QED) is 0.197. The molecule has 3 aromatic rings. The molecule has 0 aromatic heterocycles. The van der Waals surface area contributed by atoms with Crippen molar-refractivity contribution in [3.05, 3.63) is 95.6 Å². The van der Waals surface area contributed by atoms with Gasteiger partial charge in [0.15, 0.2) is 12.4 Å². The largest absolute Gasteiger partial charge is 0.454 e. The average molecular weight is 512 g/mol. The minimum absolute atomic E-state index is 0.0452. The van der Waals surface area contributed by atoms with E-state index in [1.54, 1.807) is 48.5 Å². The molecule has 1 aliphatic heterocycles. The molecule has 8 nitrogen and oxygen atoms in total. The van der Waals surface area contributed by atoms with Crippen molar-refractivity contribution in [2.45, 2.75) is 25.7 Å². The van der Waals surface area contributed by atoms with Crippen LogP contribution in [0.2, 0.25) is 0 Å². The van der Waals surface area contributed by atoms with Gasteiger partial charge in [0.2, 0.25) is 11.8 Å². The first kappa shape index (κ1) is 25.1. The lowest BCUT2D eigenvalue weighted by atomic mass is 9.81. The van der Waals surface area contributed by atoms with Crippen molar-refractivity contribution in [3.8, 4) is 5.75 Å². The van der Waals surface area contributed by atoms with Gasteiger partial charge in [-0.15, -0.1) is 0 Å². The number of amides is 2. The first-order valence-electron chi connectivity index (χ1n) is 12.5. The lowest BCUT2D eigenvalue weighted by Crippen LogP contribution is -2.32. The van der Waals surface area contributed by atoms with E-state index >= 15 is 0 Å². The Morgan fingerprint density at radius 2 is 1.32 bits per heavy atom. The second kappa shape index (κ2) is 10.8. The van der Waals surface area contributed by atoms with Crippen molar-refractivity contribution in [3.63, 3.8) is 0 Å². The van der Waals surface area contributed by atoms with Gasteiger partial charge in [0.25, 0.3) is 0 Å². The molecule has 1 heterocycles. The van der Waals surface area contributed by atoms with E-state index in [-0.39, 0.29) is 46.2 Å². The highest BCUT2D eigenvalue weighted by Gasteiger charge is 2.49. The number of imide groups is 1. The van der Waals surface area contributed by atoms with Crippen molar-refractivity contribution in [1.82, 2.24) is 0 Å². The van der Waals surface area contributed by atoms with E-state index in [0.29, 0.717) is 18.4 Å². The summed E-state index contributed by atoms with van der Waals surface area (Å²) in [6.07, 6.45) is 3.13. The molecular formula is C30H25NO7. The van der Waals surface area contributed by atoms with Gasteiger partial charge in [-0.2, -0.15) is 0 Å². The third kappa shape index (κ3) is 4.98. The van der Waals surface area contributed by atoms with E-state index in [1.807, 2.05) is 0 Å². The molecule has 1 aliphatic carbocycles. The molecule has 0 spiro atoms. The second-order valence-electron chi connectivity index (χ2n) is 9.31. The highest BCUT2D eigenvalue weighted by Crippen LogP contribution is 2.41. The molecule has 38 heavy (non-hydrogen) atoms. The Morgan fingerprint density at radius 1 is 0.711 bits per heavy atom. The lowest BCUT2D eigenvalue weighted by molar-refractivity contribution is -0.122. The van der Waals surface area contributed by atoms with Crippen molar-refractivity contribution >= 4 is 35.2 Å². The summed E-state index contributed by atoms with van der Waals surface area (Å²) in [5, 5.41) is 0. The van der Waals surface area contributed by atoms with Gasteiger partial charge in [0.1, 0.15) is 5.75 Å². The molecule has 192 valence electrons. The fourth-order valence-electron chi connectivity index (χ4n) is 4.98. The summed E-state index contributed by atoms with van der Waals surface area (Å²) in [7, 11) is 0. The van der Waals surface area contributed by atoms with Crippen molar-refractivity contribution in [2.24, 2.45) is 11.8 Å². The standard InChI is InChI=1S/C30H25NO7/c32-26(19-14-16-21(17-15-19)38-29(35)20-8-2-1-3-9-20)18-37-30(36)24-12-6-7-13-25(24)31-27(33)22-10-4-5-11-23(22)28(31)34/h1-3,6-9,12-17,22-23H,4-5,10-11,18H2. The van der Waals surface area contributed by atoms with Gasteiger partial charge in [-0.25, -0.2) is 14.5 Å². The molecule has 2 unspecified atom stereocenters. The number of para-hydroxylation sites is 1. The van der Waals surface area contributed by atoms with Crippen LogP contribution in [0.5, 0.6) is 5.75 Å². The predicted octanol–water partition coefficient (Wildman–Crippen LogP) is 4.63. The maximum absolute atomic E-state index is 13.0. The molecule has 1 saturated heterocycles. The maximum Gasteiger partial charge on any atom is 0.343 e. The zero-order valence-corrected chi connectivity index (χ0v) is 20.5. The number of esters is 2. The lowest BCUT2D eigenvalue weighted by Gasteiger charge is -2.19. The number of hydrogen-bond donors (Lipinski definition) is 0. The minimum Gasteiger partial charge on any atom is -0.454 e. The van der Waals surface area contributed by atoms with Crippen LogP contribution in [0.4, 0.5) is 5.69 Å². The van der Waals surface area contributed by atoms with Crippen LogP contribution in [0.25, 0.3) is 0 Å². The first-order chi connectivity index (χ1) is 18.4. The highest BCUT2D eigenvalue weighted by molar-refractivity contribution is 6.24. The predicted molar refractivity (Wildman–Crippen MR) is 137 cm³/mol. The fourth-order valence-corrected chi connectivity index (χ4v) is 4.98. The number of nitrogens with zero attached hydrogens (tertiary/aromatic N) is 1. The van der Waals surface area contributed by atoms with Crippen LogP contribution in [0.3, 0.4) is 0 Å². The number of benzene rings is 3. The minimum atomic E-state index is -0.808. The van der Waals surface area contributed by atoms with E-state index in [0.717, 1.165) is 17.7 Å². The van der Waals surface area contributed by atoms with Gasteiger partial charge in [0.05, 0.1) is 28.7 Å². The Hall–Kier alpha value is -4.59. The molecule has 3 aromatic carbocycles. The first-order valence-corrected chi connectivity index (χ1v) is 12.5. The van der Waals surface area contributed by atoms with Gasteiger partial charge in [-0.05, 0) is 61.4 Å². The van der Waals surface area contributed by atoms with Gasteiger partial charge in [0, 0.05) is 5.56 Å². The summed E-state index contributed by atoms with van der Waals surface area (Å²) in [6, 6.07) is 20.7. The van der Waals surface area contributed by atoms with Gasteiger partial charge in [-0.3, -0.25) is 14.4 Å². The molecule has 0 radical (unpaired) electrons. The number of Topliss-reactive ketones (excluding diaryl/α,β-unsaturated/α-hetero) is 1. The SMILES string of the molecule is O=C(COC(=O)c1ccccc1N1C(=O)C2CCCCC2C1=O)c1ccc(OC(=O)c2ccccc2)cc1. The normalized spacial score (nSPS) is 18.6. The molecule has 5 rings (SSSR count). The van der Waals surface area contributed by atoms with Crippen molar-refractivity contribution in [1.29, 1.82) is 0 Å². The zero-order valence-electron chi connectivity index (χ0n) is 20.5. The molecule has 2 atom stereocenters. The fraction of sp³-hybridized carbons (Fsp3) is 0.233. The van der Waals surface area contributed by atoms with Crippen molar-refractivity contribution in [2.75, 3.05) is 11.5 Å². The van der Waals surface area contributed by atoms with Crippen LogP contribution in [0.1, 0.15) is 56.8 Å². The Bertz CT molecular complexity index is 1370. The molecule has 2 amide bonds. The number of carbonyl (C=O) groups is 5. The summed E-state index contributed by atoms with van der Waals surface area (Å²) >= 11 is 0. The number of ether oxygens (including phenoxy) is 2. The molecular weight excluding hydrogens is 486 g/mol. The maximum atomic E-state index is 13.0. The van der Waals surface area contributed by atoms with Crippen LogP contribution < -0.4 is 9.64 Å². The number of fused-ring (bicyclic) bond motifs is 1. The topological polar surface area (TPSA) is 107 Å². The van der Waals surface area contributed by atoms with Crippen LogP contribution in [0.15, 0.2) is 78.9 Å². The van der Waals surface area contributed by atoms with E-state index in [2.05, 4.69) is 0 Å². The Morgan fingerprint density at radius 3 is 1.97 bits per heavy atom. The Kier molecular flexibility index (Phi) is 7.13. The Labute approximate surface area is 219 Å². The van der Waals surface area contributed by atoms with E-state index in [9.17, 15) is 24.0 Å². The van der Waals surface area contributed by atoms with Gasteiger partial charge in [-0.1, -0.05) is 43.2 Å². The molecule has 0 bridgehead atoms. The van der Waals surface area contributed by atoms with Crippen LogP contribution in [-0.4, -0.2) is 36.1 Å². The molecule has 2 aliphatic rings. The third-order valence-electron chi connectivity index (χ3n) is 6.94. The zero-order chi connectivity index (χ0) is 26.6. The molecule has 8 heteroatoms. The highest BCUT2D eigenvalue weighted by atomic mass is 16.5. The number of rotatable bonds is 7. The van der Waals surface area contributed by atoms with Gasteiger partial charge < -0.3 is 9.47 Å². The van der Waals surface area contributed by atoms with Crippen molar-refractivity contribution < 1.29 is 33.4 Å². The summed E-state index contributed by atoms with van der Waals surface area (Å²) in [5.41, 5.74) is 0.887. The van der Waals surface area contributed by atoms with E-state index in [1.165, 1.54) is 30.3 Å². The Balaban J connectivity index is 1.23. The smallest absolute Gasteiger partial charge is 0.343 e. The van der Waals surface area contributed by atoms with Crippen LogP contribution >= 0.6 is 0 Å². The number of anilines is 1. The van der Waals surface area contributed by atoms with E-state index in [4.69, 9.17) is 9.47 Å².